The van der Waals surface area contributed by atoms with Crippen molar-refractivity contribution in [2.24, 2.45) is 5.92 Å². The number of nitrogens with one attached hydrogen (secondary N) is 4. The Hall–Kier alpha value is -3.54. The maximum absolute atomic E-state index is 12.7. The number of aromatic amines is 1. The molecule has 12 nitrogen and oxygen atoms in total. The molecule has 1 saturated heterocycles. The predicted octanol–water partition coefficient (Wildman–Crippen LogP) is 1.07. The lowest BCUT2D eigenvalue weighted by Crippen LogP contribution is -2.48. The molecule has 2 aromatic heterocycles. The molecule has 0 radical (unpaired) electrons. The highest BCUT2D eigenvalue weighted by Gasteiger charge is 2.36. The Morgan fingerprint density at radius 3 is 2.82 bits per heavy atom. The summed E-state index contributed by atoms with van der Waals surface area (Å²) in [6, 6.07) is 1.83. The Morgan fingerprint density at radius 2 is 2.09 bits per heavy atom. The molecule has 0 unspecified atom stereocenters. The van der Waals surface area contributed by atoms with Crippen LogP contribution in [0, 0.1) is 5.92 Å². The summed E-state index contributed by atoms with van der Waals surface area (Å²) < 4.78 is 6.82. The summed E-state index contributed by atoms with van der Waals surface area (Å²) in [4.78, 5) is 44.0. The third-order valence-corrected chi connectivity index (χ3v) is 6.37. The zero-order valence-electron chi connectivity index (χ0n) is 20.0. The molecule has 2 aromatic rings. The first-order valence-corrected chi connectivity index (χ1v) is 11.4. The van der Waals surface area contributed by atoms with E-state index in [-0.39, 0.29) is 24.5 Å². The van der Waals surface area contributed by atoms with E-state index in [1.165, 1.54) is 7.11 Å². The zero-order valence-corrected chi connectivity index (χ0v) is 20.0. The average molecular weight is 473 g/mol. The third-order valence-electron chi connectivity index (χ3n) is 6.37. The average Bonchev–Trinajstić information content (AvgIpc) is 3.43. The lowest BCUT2D eigenvalue weighted by molar-refractivity contribution is -0.136. The van der Waals surface area contributed by atoms with Gasteiger partial charge in [-0.15, -0.1) is 0 Å². The number of carbonyl (C=O) groups excluding carboxylic acids is 3. The van der Waals surface area contributed by atoms with Crippen molar-refractivity contribution in [3.63, 3.8) is 0 Å². The van der Waals surface area contributed by atoms with Gasteiger partial charge in [0.15, 0.2) is 5.82 Å². The zero-order chi connectivity index (χ0) is 24.4. The smallest absolute Gasteiger partial charge is 0.319 e. The van der Waals surface area contributed by atoms with Crippen molar-refractivity contribution in [1.82, 2.24) is 29.9 Å². The molecule has 0 aromatic carbocycles. The lowest BCUT2D eigenvalue weighted by atomic mass is 9.93. The molecule has 2 atom stereocenters. The van der Waals surface area contributed by atoms with Gasteiger partial charge in [-0.1, -0.05) is 6.92 Å². The number of hydrogen-bond acceptors (Lipinski definition) is 6. The van der Waals surface area contributed by atoms with Crippen LogP contribution < -0.4 is 16.0 Å². The molecule has 4 amide bonds. The van der Waals surface area contributed by atoms with E-state index >= 15 is 0 Å². The second-order valence-electron chi connectivity index (χ2n) is 8.90. The molecule has 0 bridgehead atoms. The number of likely N-dealkylation sites (tertiary alicyclic amines) is 1. The fraction of sp³-hybridized carbons (Fsp3) is 0.545. The number of aromatic nitrogens is 3. The number of hydrogen-bond donors (Lipinski definition) is 4. The highest BCUT2D eigenvalue weighted by molar-refractivity contribution is 6.39. The molecule has 34 heavy (non-hydrogen) atoms. The van der Waals surface area contributed by atoms with Crippen molar-refractivity contribution in [3.8, 4) is 11.3 Å². The SMILES string of the molecule is COCCNC(=O)C(=O)Nc1nn([C@H]2CN(C(=O)N(C)C)CC[C@H]2C)c2c1CNc1[nH]ccc1-2. The minimum Gasteiger partial charge on any atom is -0.383 e. The van der Waals surface area contributed by atoms with Crippen molar-refractivity contribution < 1.29 is 19.1 Å². The number of fused-ring (bicyclic) bond motifs is 3. The number of piperidine rings is 1. The van der Waals surface area contributed by atoms with Gasteiger partial charge in [0.1, 0.15) is 5.82 Å². The highest BCUT2D eigenvalue weighted by Crippen LogP contribution is 2.42. The summed E-state index contributed by atoms with van der Waals surface area (Å²) in [6.45, 7) is 4.32. The molecule has 12 heteroatoms. The van der Waals surface area contributed by atoms with Crippen LogP contribution >= 0.6 is 0 Å². The van der Waals surface area contributed by atoms with E-state index in [2.05, 4.69) is 27.9 Å². The molecule has 0 aliphatic carbocycles. The Labute approximate surface area is 198 Å². The van der Waals surface area contributed by atoms with Gasteiger partial charge in [0.05, 0.1) is 18.3 Å². The first kappa shape index (κ1) is 23.6. The minimum atomic E-state index is -0.787. The molecule has 0 saturated carbocycles. The van der Waals surface area contributed by atoms with Crippen molar-refractivity contribution in [1.29, 1.82) is 0 Å². The number of rotatable bonds is 5. The number of carbonyl (C=O) groups is 3. The summed E-state index contributed by atoms with van der Waals surface area (Å²) >= 11 is 0. The molecule has 4 rings (SSSR count). The van der Waals surface area contributed by atoms with Gasteiger partial charge >= 0.3 is 17.8 Å². The van der Waals surface area contributed by atoms with Gasteiger partial charge in [-0.2, -0.15) is 5.10 Å². The van der Waals surface area contributed by atoms with Crippen molar-refractivity contribution in [2.75, 3.05) is 58.1 Å². The van der Waals surface area contributed by atoms with Crippen LogP contribution in [0.2, 0.25) is 0 Å². The first-order chi connectivity index (χ1) is 16.3. The van der Waals surface area contributed by atoms with E-state index in [0.717, 1.165) is 29.1 Å². The molecule has 4 heterocycles. The standard InChI is InChI=1S/C22H32N8O4/c1-13-6-9-29(22(33)28(2)3)12-16(13)30-17-14-5-7-23-18(14)25-11-15(17)19(27-30)26-21(32)20(31)24-8-10-34-4/h5,7,13,16,23,25H,6,8-12H2,1-4H3,(H,24,31)(H,26,27,32)/t13-,16+/m1/s1. The van der Waals surface area contributed by atoms with Gasteiger partial charge in [0.25, 0.3) is 0 Å². The minimum absolute atomic E-state index is 0.0387. The number of H-pyrrole nitrogens is 1. The van der Waals surface area contributed by atoms with Gasteiger partial charge in [-0.25, -0.2) is 4.79 Å². The molecular weight excluding hydrogens is 440 g/mol. The van der Waals surface area contributed by atoms with E-state index in [1.54, 1.807) is 19.0 Å². The number of amides is 4. The van der Waals surface area contributed by atoms with Crippen LogP contribution in [-0.2, 0) is 20.9 Å². The Balaban J connectivity index is 1.67. The van der Waals surface area contributed by atoms with E-state index < -0.39 is 11.8 Å². The topological polar surface area (TPSA) is 137 Å². The first-order valence-electron chi connectivity index (χ1n) is 11.4. The van der Waals surface area contributed by atoms with Crippen LogP contribution in [0.1, 0.15) is 24.9 Å². The molecule has 184 valence electrons. The molecule has 1 fully saturated rings. The van der Waals surface area contributed by atoms with Crippen molar-refractivity contribution in [3.05, 3.63) is 17.8 Å². The maximum Gasteiger partial charge on any atom is 0.319 e. The van der Waals surface area contributed by atoms with Crippen LogP contribution in [-0.4, -0.2) is 89.9 Å². The summed E-state index contributed by atoms with van der Waals surface area (Å²) in [7, 11) is 5.01. The molecule has 2 aliphatic heterocycles. The van der Waals surface area contributed by atoms with Gasteiger partial charge in [-0.05, 0) is 18.4 Å². The number of ether oxygens (including phenoxy) is 1. The normalized spacial score (nSPS) is 19.0. The number of nitrogens with zero attached hydrogens (tertiary/aromatic N) is 4. The van der Waals surface area contributed by atoms with Crippen LogP contribution in [0.25, 0.3) is 11.3 Å². The summed E-state index contributed by atoms with van der Waals surface area (Å²) in [5.41, 5.74) is 2.61. The van der Waals surface area contributed by atoms with Crippen LogP contribution in [0.4, 0.5) is 16.4 Å². The van der Waals surface area contributed by atoms with Crippen molar-refractivity contribution >= 4 is 29.5 Å². The molecule has 2 aliphatic rings. The Bertz CT molecular complexity index is 1080. The molecular formula is C22H32N8O4. The van der Waals surface area contributed by atoms with Gasteiger partial charge < -0.3 is 35.5 Å². The van der Waals surface area contributed by atoms with E-state index in [1.807, 2.05) is 21.8 Å². The fourth-order valence-corrected chi connectivity index (χ4v) is 4.49. The van der Waals surface area contributed by atoms with Gasteiger partial charge in [0, 0.05) is 64.7 Å². The highest BCUT2D eigenvalue weighted by atomic mass is 16.5. The maximum atomic E-state index is 12.7. The second-order valence-corrected chi connectivity index (χ2v) is 8.90. The number of anilines is 2. The largest absolute Gasteiger partial charge is 0.383 e. The van der Waals surface area contributed by atoms with E-state index in [9.17, 15) is 14.4 Å². The quantitative estimate of drug-likeness (QED) is 0.380. The van der Waals surface area contributed by atoms with Crippen molar-refractivity contribution in [2.45, 2.75) is 25.9 Å². The fourth-order valence-electron chi connectivity index (χ4n) is 4.49. The van der Waals surface area contributed by atoms with Crippen LogP contribution in [0.3, 0.4) is 0 Å². The molecule has 4 N–H and O–H groups in total. The van der Waals surface area contributed by atoms with Gasteiger partial charge in [0.2, 0.25) is 0 Å². The Morgan fingerprint density at radius 1 is 1.29 bits per heavy atom. The van der Waals surface area contributed by atoms with Crippen LogP contribution in [0.5, 0.6) is 0 Å². The van der Waals surface area contributed by atoms with Crippen LogP contribution in [0.15, 0.2) is 12.3 Å². The Kier molecular flexibility index (Phi) is 6.77. The lowest BCUT2D eigenvalue weighted by Gasteiger charge is -2.39. The monoisotopic (exact) mass is 472 g/mol. The third kappa shape index (κ3) is 4.45. The molecule has 0 spiro atoms. The van der Waals surface area contributed by atoms with E-state index in [0.29, 0.717) is 32.1 Å². The summed E-state index contributed by atoms with van der Waals surface area (Å²) in [6.07, 6.45) is 2.68. The summed E-state index contributed by atoms with van der Waals surface area (Å²) in [5.74, 6) is -0.0730. The second kappa shape index (κ2) is 9.75. The predicted molar refractivity (Wildman–Crippen MR) is 126 cm³/mol. The summed E-state index contributed by atoms with van der Waals surface area (Å²) in [5, 5.41) is 13.3. The van der Waals surface area contributed by atoms with Gasteiger partial charge in [-0.3, -0.25) is 14.3 Å². The number of urea groups is 1. The van der Waals surface area contributed by atoms with E-state index in [4.69, 9.17) is 9.84 Å². The number of methoxy groups -OCH3 is 1.